The van der Waals surface area contributed by atoms with E-state index in [1.54, 1.807) is 12.1 Å². The van der Waals surface area contributed by atoms with Gasteiger partial charge in [-0.1, -0.05) is 59.6 Å². The second kappa shape index (κ2) is 13.7. The van der Waals surface area contributed by atoms with E-state index in [1.165, 1.54) is 10.5 Å². The lowest BCUT2D eigenvalue weighted by atomic mass is 9.66. The Labute approximate surface area is 293 Å². The predicted octanol–water partition coefficient (Wildman–Crippen LogP) is 6.83. The van der Waals surface area contributed by atoms with E-state index in [-0.39, 0.29) is 54.9 Å². The third-order valence-electron chi connectivity index (χ3n) is 11.1. The standard InChI is InChI=1S/C36H37Cl2F6N2O.ClH/c37-30-9-8-27(22-31(30)38)34(14-18-46-15-11-33(12-16-46,13-17-46)26-5-2-1-3-6-26)10-4-7-32(47)45(24-34)23-25-19-28(35(39,40)41)21-29(20-25)36(42,43)44;/h1-3,5-6,8-9,19-22H,4,7,10-18,23-24H2;1H/q+1;/p-1. The van der Waals surface area contributed by atoms with Crippen molar-refractivity contribution in [2.24, 2.45) is 0 Å². The van der Waals surface area contributed by atoms with Crippen LogP contribution in [0.15, 0.2) is 66.7 Å². The van der Waals surface area contributed by atoms with Crippen LogP contribution in [0.1, 0.15) is 72.8 Å². The van der Waals surface area contributed by atoms with Crippen LogP contribution in [-0.4, -0.2) is 48.0 Å². The van der Waals surface area contributed by atoms with Crippen molar-refractivity contribution in [3.05, 3.63) is 105 Å². The third-order valence-corrected chi connectivity index (χ3v) is 11.8. The van der Waals surface area contributed by atoms with Crippen molar-refractivity contribution in [3.63, 3.8) is 0 Å². The van der Waals surface area contributed by atoms with Gasteiger partial charge in [0, 0.05) is 56.0 Å². The maximum atomic E-state index is 13.7. The molecule has 4 heterocycles. The number of piperidine rings is 3. The second-order valence-corrected chi connectivity index (χ2v) is 14.6. The molecule has 0 radical (unpaired) electrons. The number of nitrogens with zero attached hydrogens (tertiary/aromatic N) is 2. The van der Waals surface area contributed by atoms with Crippen molar-refractivity contribution < 1.29 is 48.0 Å². The first-order valence-corrected chi connectivity index (χ1v) is 16.8. The minimum Gasteiger partial charge on any atom is -1.00 e. The maximum Gasteiger partial charge on any atom is 0.416 e. The summed E-state index contributed by atoms with van der Waals surface area (Å²) < 4.78 is 83.0. The molecule has 0 aliphatic carbocycles. The number of carbonyl (C=O) groups is 1. The van der Waals surface area contributed by atoms with Gasteiger partial charge < -0.3 is 21.8 Å². The lowest BCUT2D eigenvalue weighted by Crippen LogP contribution is -3.00. The van der Waals surface area contributed by atoms with Crippen LogP contribution in [0.5, 0.6) is 0 Å². The summed E-state index contributed by atoms with van der Waals surface area (Å²) in [5, 5.41) is 0.732. The van der Waals surface area contributed by atoms with Crippen LogP contribution in [0.4, 0.5) is 26.3 Å². The van der Waals surface area contributed by atoms with Gasteiger partial charge in [0.05, 0.1) is 47.4 Å². The van der Waals surface area contributed by atoms with Gasteiger partial charge in [0.25, 0.3) is 0 Å². The Morgan fingerprint density at radius 3 is 1.92 bits per heavy atom. The van der Waals surface area contributed by atoms with Crippen molar-refractivity contribution in [2.75, 3.05) is 32.7 Å². The lowest BCUT2D eigenvalue weighted by Gasteiger charge is -2.56. The largest absolute Gasteiger partial charge is 1.00 e. The summed E-state index contributed by atoms with van der Waals surface area (Å²) in [4.78, 5) is 14.9. The average molecular weight is 734 g/mol. The van der Waals surface area contributed by atoms with E-state index in [9.17, 15) is 31.1 Å². The number of halogens is 9. The third kappa shape index (κ3) is 7.49. The molecule has 1 atom stereocenters. The first-order valence-electron chi connectivity index (χ1n) is 16.0. The molecule has 12 heteroatoms. The van der Waals surface area contributed by atoms with Gasteiger partial charge in [-0.15, -0.1) is 0 Å². The summed E-state index contributed by atoms with van der Waals surface area (Å²) in [5.74, 6) is -0.298. The molecule has 4 aliphatic heterocycles. The Bertz CT molecular complexity index is 1570. The molecule has 0 aromatic heterocycles. The van der Waals surface area contributed by atoms with E-state index in [4.69, 9.17) is 23.2 Å². The van der Waals surface area contributed by atoms with Gasteiger partial charge in [-0.2, -0.15) is 26.3 Å². The predicted molar refractivity (Wildman–Crippen MR) is 170 cm³/mol. The molecule has 0 spiro atoms. The first-order chi connectivity index (χ1) is 22.1. The molecular weight excluding hydrogens is 697 g/mol. The summed E-state index contributed by atoms with van der Waals surface area (Å²) in [6.07, 6.45) is -4.72. The summed E-state index contributed by atoms with van der Waals surface area (Å²) in [6.45, 7) is 3.71. The molecule has 0 N–H and O–H groups in total. The zero-order chi connectivity index (χ0) is 33.7. The molecule has 1 unspecified atom stereocenters. The zero-order valence-corrected chi connectivity index (χ0v) is 28.5. The molecular formula is C36H37Cl3F6N2O. The molecule has 4 aliphatic rings. The van der Waals surface area contributed by atoms with Crippen molar-refractivity contribution in [3.8, 4) is 0 Å². The molecule has 2 bridgehead atoms. The Balaban J connectivity index is 0.00000451. The molecule has 3 aromatic rings. The summed E-state index contributed by atoms with van der Waals surface area (Å²) in [6, 6.07) is 17.6. The number of alkyl halides is 6. The fourth-order valence-corrected chi connectivity index (χ4v) is 8.53. The van der Waals surface area contributed by atoms with Gasteiger partial charge in [0.1, 0.15) is 0 Å². The van der Waals surface area contributed by atoms with Crippen molar-refractivity contribution in [1.82, 2.24) is 4.90 Å². The van der Waals surface area contributed by atoms with Crippen LogP contribution in [0.25, 0.3) is 0 Å². The maximum absolute atomic E-state index is 13.7. The van der Waals surface area contributed by atoms with Gasteiger partial charge in [0.15, 0.2) is 0 Å². The van der Waals surface area contributed by atoms with Gasteiger partial charge >= 0.3 is 12.4 Å². The zero-order valence-electron chi connectivity index (χ0n) is 26.2. The smallest absolute Gasteiger partial charge is 0.416 e. The topological polar surface area (TPSA) is 20.3 Å². The highest BCUT2D eigenvalue weighted by atomic mass is 35.5. The molecule has 4 saturated heterocycles. The van der Waals surface area contributed by atoms with Crippen molar-refractivity contribution in [2.45, 2.75) is 74.7 Å². The SMILES string of the molecule is O=C1CCCC(CC[N+]23CCC(c4ccccc4)(CC2)CC3)(c2ccc(Cl)c(Cl)c2)CN1Cc1cc(C(F)(F)F)cc(C(F)(F)F)c1.[Cl-]. The van der Waals surface area contributed by atoms with Crippen LogP contribution in [-0.2, 0) is 34.5 Å². The fraction of sp³-hybridized carbons (Fsp3) is 0.472. The number of hydrogen-bond acceptors (Lipinski definition) is 1. The van der Waals surface area contributed by atoms with Gasteiger partial charge in [-0.25, -0.2) is 0 Å². The van der Waals surface area contributed by atoms with Crippen LogP contribution in [0, 0.1) is 0 Å². The minimum absolute atomic E-state index is 0. The number of quaternary nitrogens is 1. The number of hydrogen-bond donors (Lipinski definition) is 0. The first kappa shape index (κ1) is 36.8. The highest BCUT2D eigenvalue weighted by Crippen LogP contribution is 2.48. The van der Waals surface area contributed by atoms with E-state index in [1.807, 2.05) is 12.1 Å². The van der Waals surface area contributed by atoms with E-state index >= 15 is 0 Å². The van der Waals surface area contributed by atoms with E-state index < -0.39 is 28.9 Å². The highest BCUT2D eigenvalue weighted by Gasteiger charge is 2.51. The van der Waals surface area contributed by atoms with Crippen LogP contribution in [0.2, 0.25) is 10.0 Å². The van der Waals surface area contributed by atoms with Crippen molar-refractivity contribution >= 4 is 29.1 Å². The van der Waals surface area contributed by atoms with Crippen LogP contribution >= 0.6 is 23.2 Å². The van der Waals surface area contributed by atoms with Gasteiger partial charge in [-0.3, -0.25) is 4.79 Å². The Morgan fingerprint density at radius 2 is 1.35 bits per heavy atom. The second-order valence-electron chi connectivity index (χ2n) is 13.8. The van der Waals surface area contributed by atoms with Crippen LogP contribution < -0.4 is 12.4 Å². The normalized spacial score (nSPS) is 26.2. The number of fused-ring (bicyclic) bond motifs is 3. The quantitative estimate of drug-likeness (QED) is 0.193. The monoisotopic (exact) mass is 732 g/mol. The van der Waals surface area contributed by atoms with E-state index in [2.05, 4.69) is 24.3 Å². The minimum atomic E-state index is -4.97. The average Bonchev–Trinajstić information content (AvgIpc) is 3.20. The lowest BCUT2D eigenvalue weighted by molar-refractivity contribution is -0.944. The summed E-state index contributed by atoms with van der Waals surface area (Å²) >= 11 is 12.8. The Morgan fingerprint density at radius 1 is 0.750 bits per heavy atom. The summed E-state index contributed by atoms with van der Waals surface area (Å²) in [7, 11) is 0. The number of amides is 1. The Hall–Kier alpha value is -2.46. The molecule has 4 fully saturated rings. The molecule has 7 rings (SSSR count). The number of carbonyl (C=O) groups excluding carboxylic acids is 1. The summed E-state index contributed by atoms with van der Waals surface area (Å²) in [5.41, 5.74) is -1.15. The molecule has 1 amide bonds. The molecule has 3 aromatic carbocycles. The van der Waals surface area contributed by atoms with Crippen LogP contribution in [0.3, 0.4) is 0 Å². The number of likely N-dealkylation sites (tertiary alicyclic amines) is 1. The number of rotatable bonds is 7. The fourth-order valence-electron chi connectivity index (χ4n) is 8.23. The van der Waals surface area contributed by atoms with Gasteiger partial charge in [0.2, 0.25) is 5.91 Å². The highest BCUT2D eigenvalue weighted by molar-refractivity contribution is 6.42. The Kier molecular flexibility index (Phi) is 10.5. The molecule has 260 valence electrons. The van der Waals surface area contributed by atoms with E-state index in [0.717, 1.165) is 55.5 Å². The molecule has 3 nitrogen and oxygen atoms in total. The molecule has 48 heavy (non-hydrogen) atoms. The number of benzene rings is 3. The van der Waals surface area contributed by atoms with Gasteiger partial charge in [-0.05, 0) is 59.9 Å². The van der Waals surface area contributed by atoms with E-state index in [0.29, 0.717) is 41.4 Å². The molecule has 0 saturated carbocycles. The van der Waals surface area contributed by atoms with Crippen molar-refractivity contribution in [1.29, 1.82) is 0 Å².